The van der Waals surface area contributed by atoms with Crippen LogP contribution in [0.1, 0.15) is 41.5 Å². The van der Waals surface area contributed by atoms with E-state index in [1.807, 2.05) is 11.8 Å². The number of pyridine rings is 1. The predicted molar refractivity (Wildman–Crippen MR) is 156 cm³/mol. The van der Waals surface area contributed by atoms with Crippen molar-refractivity contribution in [1.29, 1.82) is 0 Å². The summed E-state index contributed by atoms with van der Waals surface area (Å²) in [5.41, 5.74) is 3.22. The van der Waals surface area contributed by atoms with Crippen molar-refractivity contribution in [2.45, 2.75) is 37.5 Å². The first-order chi connectivity index (χ1) is 19.6. The van der Waals surface area contributed by atoms with Crippen molar-refractivity contribution in [1.82, 2.24) is 9.38 Å². The third kappa shape index (κ3) is 6.49. The molecule has 5 rings (SSSR count). The third-order valence-corrected chi connectivity index (χ3v) is 8.78. The van der Waals surface area contributed by atoms with Crippen LogP contribution in [0.2, 0.25) is 5.02 Å². The Balaban J connectivity index is 1.24. The standard InChI is InChI=1S/C29H29ClF6N4OS/c1-2-25-29(40-19-21(30)6-13-28(40)37-25)27(41)12-5-20-4-11-26(24(31)18-20)39-15-3-14-38(16-17-39)22-7-9-23(10-8-22)42(32,33,34,35)36/h4,6-11,13,18-19H,2-3,5,12,14-17H2,1H3. The molecule has 1 saturated heterocycles. The molecule has 1 aliphatic heterocycles. The molecule has 1 aliphatic rings. The lowest BCUT2D eigenvalue weighted by molar-refractivity contribution is 0.0976. The molecule has 2 aromatic carbocycles. The maximum atomic E-state index is 15.2. The second-order valence-electron chi connectivity index (χ2n) is 10.3. The molecule has 5 nitrogen and oxygen atoms in total. The highest BCUT2D eigenvalue weighted by Crippen LogP contribution is 3.02. The van der Waals surface area contributed by atoms with Crippen molar-refractivity contribution >= 4 is 44.6 Å². The number of hydrogen-bond donors (Lipinski definition) is 0. The van der Waals surface area contributed by atoms with E-state index in [1.165, 1.54) is 6.07 Å². The number of benzene rings is 2. The van der Waals surface area contributed by atoms with Crippen molar-refractivity contribution in [3.05, 3.63) is 88.6 Å². The summed E-state index contributed by atoms with van der Waals surface area (Å²) >= 11 is 6.13. The van der Waals surface area contributed by atoms with Gasteiger partial charge in [0, 0.05) is 44.5 Å². The fourth-order valence-corrected chi connectivity index (χ4v) is 6.09. The minimum Gasteiger partial charge on any atom is -0.370 e. The lowest BCUT2D eigenvalue weighted by Crippen LogP contribution is -2.31. The number of Topliss-reactive ketones (excluding diaryl/α,β-unsaturated/α-hetero) is 1. The number of imidazole rings is 1. The molecule has 0 atom stereocenters. The van der Waals surface area contributed by atoms with E-state index in [2.05, 4.69) is 4.98 Å². The van der Waals surface area contributed by atoms with Crippen molar-refractivity contribution in [3.63, 3.8) is 0 Å². The van der Waals surface area contributed by atoms with E-state index in [1.54, 1.807) is 39.8 Å². The van der Waals surface area contributed by atoms with E-state index < -0.39 is 20.9 Å². The van der Waals surface area contributed by atoms with E-state index in [-0.39, 0.29) is 12.2 Å². The molecule has 42 heavy (non-hydrogen) atoms. The molecule has 226 valence electrons. The van der Waals surface area contributed by atoms with Crippen molar-refractivity contribution in [2.75, 3.05) is 36.0 Å². The molecule has 13 heteroatoms. The Bertz CT molecular complexity index is 1640. The van der Waals surface area contributed by atoms with Crippen LogP contribution in [0.5, 0.6) is 0 Å². The number of ketones is 1. The van der Waals surface area contributed by atoms with Gasteiger partial charge in [0.1, 0.15) is 22.1 Å². The molecule has 0 N–H and O–H groups in total. The van der Waals surface area contributed by atoms with Gasteiger partial charge in [-0.15, -0.1) is 0 Å². The molecule has 1 fully saturated rings. The monoisotopic (exact) mass is 630 g/mol. The fourth-order valence-electron chi connectivity index (χ4n) is 5.28. The number of fused-ring (bicyclic) bond motifs is 1. The molecule has 0 bridgehead atoms. The number of aromatic nitrogens is 2. The zero-order valence-electron chi connectivity index (χ0n) is 22.7. The van der Waals surface area contributed by atoms with Crippen LogP contribution in [0.3, 0.4) is 0 Å². The van der Waals surface area contributed by atoms with Crippen LogP contribution < -0.4 is 9.80 Å². The highest BCUT2D eigenvalue weighted by atomic mass is 35.5. The Labute approximate surface area is 244 Å². The van der Waals surface area contributed by atoms with Gasteiger partial charge in [-0.1, -0.05) is 44.0 Å². The van der Waals surface area contributed by atoms with Crippen LogP contribution in [-0.2, 0) is 12.8 Å². The number of anilines is 2. The van der Waals surface area contributed by atoms with Gasteiger partial charge >= 0.3 is 10.2 Å². The highest BCUT2D eigenvalue weighted by Gasteiger charge is 2.65. The number of rotatable bonds is 8. The summed E-state index contributed by atoms with van der Waals surface area (Å²) < 4.78 is 82.3. The molecule has 0 aliphatic carbocycles. The van der Waals surface area contributed by atoms with E-state index in [4.69, 9.17) is 11.6 Å². The van der Waals surface area contributed by atoms with Crippen LogP contribution in [0.15, 0.2) is 65.7 Å². The van der Waals surface area contributed by atoms with Crippen molar-refractivity contribution in [2.24, 2.45) is 0 Å². The average molecular weight is 631 g/mol. The molecule has 0 saturated carbocycles. The lowest BCUT2D eigenvalue weighted by Gasteiger charge is -2.40. The Morgan fingerprint density at radius 2 is 1.62 bits per heavy atom. The number of hydrogen-bond acceptors (Lipinski definition) is 4. The lowest BCUT2D eigenvalue weighted by atomic mass is 10.0. The van der Waals surface area contributed by atoms with Gasteiger partial charge < -0.3 is 9.80 Å². The molecular weight excluding hydrogens is 602 g/mol. The molecule has 0 amide bonds. The Hall–Kier alpha value is -3.38. The van der Waals surface area contributed by atoms with Crippen LogP contribution in [0.4, 0.5) is 35.2 Å². The molecule has 0 unspecified atom stereocenters. The van der Waals surface area contributed by atoms with Crippen LogP contribution >= 0.6 is 21.8 Å². The van der Waals surface area contributed by atoms with Crippen LogP contribution in [0.25, 0.3) is 5.65 Å². The predicted octanol–water partition coefficient (Wildman–Crippen LogP) is 8.88. The maximum Gasteiger partial charge on any atom is 0.310 e. The van der Waals surface area contributed by atoms with Gasteiger partial charge in [-0.2, -0.15) is 0 Å². The van der Waals surface area contributed by atoms with Gasteiger partial charge in [-0.25, -0.2) is 9.37 Å². The first-order valence-corrected chi connectivity index (χ1v) is 15.8. The number of nitrogens with zero attached hydrogens (tertiary/aromatic N) is 4. The summed E-state index contributed by atoms with van der Waals surface area (Å²) in [6.45, 7) is 3.65. The average Bonchev–Trinajstić information content (AvgIpc) is 3.11. The number of aryl methyl sites for hydroxylation is 2. The number of carbonyl (C=O) groups excluding carboxylic acids is 1. The first kappa shape index (κ1) is 30.1. The van der Waals surface area contributed by atoms with E-state index in [0.717, 1.165) is 12.1 Å². The summed E-state index contributed by atoms with van der Waals surface area (Å²) in [7, 11) is -9.73. The summed E-state index contributed by atoms with van der Waals surface area (Å²) in [6.07, 6.45) is 3.31. The molecule has 3 heterocycles. The first-order valence-electron chi connectivity index (χ1n) is 13.4. The minimum atomic E-state index is -9.73. The summed E-state index contributed by atoms with van der Waals surface area (Å²) in [6, 6.07) is 11.2. The maximum absolute atomic E-state index is 15.2. The third-order valence-electron chi connectivity index (χ3n) is 7.39. The number of halogens is 7. The zero-order chi connectivity index (χ0) is 30.3. The summed E-state index contributed by atoms with van der Waals surface area (Å²) in [4.78, 5) is 19.4. The van der Waals surface area contributed by atoms with Gasteiger partial charge in [-0.3, -0.25) is 9.20 Å². The normalized spacial score (nSPS) is 16.3. The van der Waals surface area contributed by atoms with Gasteiger partial charge in [-0.05, 0) is 73.4 Å². The largest absolute Gasteiger partial charge is 0.370 e. The molecule has 0 radical (unpaired) electrons. The quantitative estimate of drug-likeness (QED) is 0.144. The Kier molecular flexibility index (Phi) is 7.46. The summed E-state index contributed by atoms with van der Waals surface area (Å²) in [5.74, 6) is -0.559. The second-order valence-corrected chi connectivity index (χ2v) is 13.2. The highest BCUT2D eigenvalue weighted by molar-refractivity contribution is 8.45. The Morgan fingerprint density at radius 3 is 2.29 bits per heavy atom. The van der Waals surface area contributed by atoms with E-state index in [0.29, 0.717) is 96.6 Å². The number of carbonyl (C=O) groups is 1. The van der Waals surface area contributed by atoms with E-state index in [9.17, 15) is 24.2 Å². The molecule has 4 aromatic rings. The smallest absolute Gasteiger partial charge is 0.310 e. The zero-order valence-corrected chi connectivity index (χ0v) is 24.3. The fraction of sp³-hybridized carbons (Fsp3) is 0.310. The van der Waals surface area contributed by atoms with Gasteiger partial charge in [0.15, 0.2) is 5.78 Å². The second kappa shape index (κ2) is 10.4. The molecular formula is C29H29ClF6N4OS. The van der Waals surface area contributed by atoms with Crippen molar-refractivity contribution in [3.8, 4) is 0 Å². The minimum absolute atomic E-state index is 0.118. The van der Waals surface area contributed by atoms with Gasteiger partial charge in [0.05, 0.1) is 16.4 Å². The van der Waals surface area contributed by atoms with Crippen LogP contribution in [0, 0.1) is 5.82 Å². The van der Waals surface area contributed by atoms with E-state index >= 15 is 4.39 Å². The SMILES string of the molecule is CCc1nc2ccc(Cl)cn2c1C(=O)CCc1ccc(N2CCCN(c3ccc(S(F)(F)(F)(F)F)cc3)CC2)c(F)c1. The summed E-state index contributed by atoms with van der Waals surface area (Å²) in [5, 5.41) is 0.482. The van der Waals surface area contributed by atoms with Gasteiger partial charge in [0.2, 0.25) is 0 Å². The Morgan fingerprint density at radius 1 is 0.929 bits per heavy atom. The molecule has 0 spiro atoms. The topological polar surface area (TPSA) is 40.9 Å². The van der Waals surface area contributed by atoms with Crippen LogP contribution in [-0.4, -0.2) is 41.3 Å². The van der Waals surface area contributed by atoms with Gasteiger partial charge in [0.25, 0.3) is 0 Å². The molecule has 2 aromatic heterocycles. The van der Waals surface area contributed by atoms with Crippen molar-refractivity contribution < 1.29 is 28.6 Å².